The number of nitriles is 1. The Labute approximate surface area is 146 Å². The zero-order chi connectivity index (χ0) is 17.6. The van der Waals surface area contributed by atoms with Gasteiger partial charge in [-0.1, -0.05) is 12.1 Å². The summed E-state index contributed by atoms with van der Waals surface area (Å²) in [6, 6.07) is 23.5. The molecular formula is C21H16N2O2. The van der Waals surface area contributed by atoms with Crippen molar-refractivity contribution < 1.29 is 9.53 Å². The van der Waals surface area contributed by atoms with Crippen LogP contribution in [0.15, 0.2) is 72.8 Å². The first-order valence-electron chi connectivity index (χ1n) is 7.80. The Kier molecular flexibility index (Phi) is 4.77. The second-order valence-electron chi connectivity index (χ2n) is 5.59. The molecule has 1 N–H and O–H groups in total. The van der Waals surface area contributed by atoms with Crippen LogP contribution >= 0.6 is 0 Å². The molecular weight excluding hydrogens is 312 g/mol. The van der Waals surface area contributed by atoms with Gasteiger partial charge in [0.05, 0.1) is 11.6 Å². The molecule has 0 saturated heterocycles. The van der Waals surface area contributed by atoms with Gasteiger partial charge in [0.25, 0.3) is 5.91 Å². The van der Waals surface area contributed by atoms with Gasteiger partial charge in [-0.25, -0.2) is 0 Å². The first-order valence-corrected chi connectivity index (χ1v) is 7.80. The van der Waals surface area contributed by atoms with Crippen LogP contribution in [0, 0.1) is 18.3 Å². The molecule has 0 unspecified atom stereocenters. The van der Waals surface area contributed by atoms with E-state index in [1.807, 2.05) is 31.2 Å². The maximum Gasteiger partial charge on any atom is 0.255 e. The van der Waals surface area contributed by atoms with E-state index < -0.39 is 0 Å². The Morgan fingerprint density at radius 3 is 2.20 bits per heavy atom. The Balaban J connectivity index is 1.66. The number of amides is 1. The molecule has 3 rings (SSSR count). The lowest BCUT2D eigenvalue weighted by molar-refractivity contribution is 0.102. The summed E-state index contributed by atoms with van der Waals surface area (Å²) >= 11 is 0. The predicted molar refractivity (Wildman–Crippen MR) is 96.8 cm³/mol. The first kappa shape index (κ1) is 16.3. The van der Waals surface area contributed by atoms with Crippen molar-refractivity contribution in [1.82, 2.24) is 0 Å². The normalized spacial score (nSPS) is 9.92. The summed E-state index contributed by atoms with van der Waals surface area (Å²) in [5.74, 6) is 1.09. The van der Waals surface area contributed by atoms with E-state index in [0.717, 1.165) is 11.3 Å². The number of nitrogens with zero attached hydrogens (tertiary/aromatic N) is 1. The molecule has 0 aliphatic rings. The van der Waals surface area contributed by atoms with Crippen molar-refractivity contribution in [3.63, 3.8) is 0 Å². The molecule has 0 radical (unpaired) electrons. The lowest BCUT2D eigenvalue weighted by atomic mass is 10.2. The summed E-state index contributed by atoms with van der Waals surface area (Å²) in [4.78, 5) is 12.3. The maximum absolute atomic E-state index is 12.3. The molecule has 0 saturated carbocycles. The number of carbonyl (C=O) groups excluding carboxylic acids is 1. The van der Waals surface area contributed by atoms with Crippen LogP contribution in [0.1, 0.15) is 21.5 Å². The summed E-state index contributed by atoms with van der Waals surface area (Å²) in [7, 11) is 0. The summed E-state index contributed by atoms with van der Waals surface area (Å²) < 4.78 is 5.71. The van der Waals surface area contributed by atoms with E-state index in [4.69, 9.17) is 10.00 Å². The van der Waals surface area contributed by atoms with Gasteiger partial charge in [0.2, 0.25) is 0 Å². The van der Waals surface area contributed by atoms with Crippen molar-refractivity contribution in [2.24, 2.45) is 0 Å². The van der Waals surface area contributed by atoms with E-state index in [-0.39, 0.29) is 5.91 Å². The molecule has 4 heteroatoms. The highest BCUT2D eigenvalue weighted by atomic mass is 16.5. The molecule has 0 heterocycles. The number of anilines is 1. The average Bonchev–Trinajstić information content (AvgIpc) is 2.63. The van der Waals surface area contributed by atoms with E-state index in [1.165, 1.54) is 0 Å². The average molecular weight is 328 g/mol. The van der Waals surface area contributed by atoms with Crippen LogP contribution in [0.4, 0.5) is 5.69 Å². The largest absolute Gasteiger partial charge is 0.457 e. The molecule has 122 valence electrons. The highest BCUT2D eigenvalue weighted by Gasteiger charge is 2.07. The molecule has 0 aliphatic heterocycles. The van der Waals surface area contributed by atoms with Gasteiger partial charge in [-0.15, -0.1) is 0 Å². The summed E-state index contributed by atoms with van der Waals surface area (Å²) in [6.07, 6.45) is 0. The van der Waals surface area contributed by atoms with Gasteiger partial charge < -0.3 is 10.1 Å². The first-order chi connectivity index (χ1) is 12.1. The second-order valence-corrected chi connectivity index (χ2v) is 5.59. The fourth-order valence-electron chi connectivity index (χ4n) is 2.33. The Bertz CT molecular complexity index is 923. The Hall–Kier alpha value is -3.58. The van der Waals surface area contributed by atoms with Crippen LogP contribution in [-0.2, 0) is 0 Å². The van der Waals surface area contributed by atoms with Gasteiger partial charge in [0.1, 0.15) is 11.5 Å². The molecule has 0 bridgehead atoms. The third-order valence-corrected chi connectivity index (χ3v) is 3.61. The van der Waals surface area contributed by atoms with Crippen molar-refractivity contribution in [2.45, 2.75) is 6.92 Å². The molecule has 3 aromatic carbocycles. The van der Waals surface area contributed by atoms with Gasteiger partial charge >= 0.3 is 0 Å². The van der Waals surface area contributed by atoms with Crippen LogP contribution in [-0.4, -0.2) is 5.91 Å². The third kappa shape index (κ3) is 4.24. The zero-order valence-corrected chi connectivity index (χ0v) is 13.7. The molecule has 0 aliphatic carbocycles. The molecule has 1 amide bonds. The van der Waals surface area contributed by atoms with Crippen LogP contribution < -0.4 is 10.1 Å². The van der Waals surface area contributed by atoms with Crippen LogP contribution in [0.5, 0.6) is 11.5 Å². The van der Waals surface area contributed by atoms with Crippen molar-refractivity contribution in [3.8, 4) is 17.6 Å². The van der Waals surface area contributed by atoms with Gasteiger partial charge in [-0.3, -0.25) is 4.79 Å². The summed E-state index contributed by atoms with van der Waals surface area (Å²) in [5, 5.41) is 11.7. The van der Waals surface area contributed by atoms with Gasteiger partial charge in [-0.05, 0) is 73.2 Å². The van der Waals surface area contributed by atoms with Crippen molar-refractivity contribution in [1.29, 1.82) is 5.26 Å². The minimum absolute atomic E-state index is 0.171. The zero-order valence-electron chi connectivity index (χ0n) is 13.7. The number of ether oxygens (including phenoxy) is 1. The second kappa shape index (κ2) is 7.33. The number of benzene rings is 3. The smallest absolute Gasteiger partial charge is 0.255 e. The van der Waals surface area contributed by atoms with Gasteiger partial charge in [-0.2, -0.15) is 5.26 Å². The SMILES string of the molecule is Cc1cccc(NC(=O)c2ccc(Oc3ccc(C#N)cc3)cc2)c1. The summed E-state index contributed by atoms with van der Waals surface area (Å²) in [6.45, 7) is 1.98. The quantitative estimate of drug-likeness (QED) is 0.740. The fraction of sp³-hybridized carbons (Fsp3) is 0.0476. The number of carbonyl (C=O) groups is 1. The number of hydrogen-bond donors (Lipinski definition) is 1. The molecule has 0 aromatic heterocycles. The van der Waals surface area contributed by atoms with Gasteiger partial charge in [0.15, 0.2) is 0 Å². The molecule has 0 fully saturated rings. The highest BCUT2D eigenvalue weighted by molar-refractivity contribution is 6.04. The summed E-state index contributed by atoms with van der Waals surface area (Å²) in [5.41, 5.74) is 2.98. The minimum atomic E-state index is -0.171. The Morgan fingerprint density at radius 1 is 0.960 bits per heavy atom. The lowest BCUT2D eigenvalue weighted by Gasteiger charge is -2.08. The lowest BCUT2D eigenvalue weighted by Crippen LogP contribution is -2.11. The number of nitrogens with one attached hydrogen (secondary N) is 1. The number of hydrogen-bond acceptors (Lipinski definition) is 3. The fourth-order valence-corrected chi connectivity index (χ4v) is 2.33. The van der Waals surface area contributed by atoms with E-state index in [0.29, 0.717) is 22.6 Å². The third-order valence-electron chi connectivity index (χ3n) is 3.61. The topological polar surface area (TPSA) is 62.1 Å². The molecule has 0 atom stereocenters. The molecule has 3 aromatic rings. The van der Waals surface area contributed by atoms with Crippen molar-refractivity contribution in [3.05, 3.63) is 89.5 Å². The highest BCUT2D eigenvalue weighted by Crippen LogP contribution is 2.22. The molecule has 0 spiro atoms. The van der Waals surface area contributed by atoms with Crippen LogP contribution in [0.25, 0.3) is 0 Å². The van der Waals surface area contributed by atoms with E-state index in [2.05, 4.69) is 11.4 Å². The maximum atomic E-state index is 12.3. The van der Waals surface area contributed by atoms with Gasteiger partial charge in [0, 0.05) is 11.3 Å². The number of rotatable bonds is 4. The van der Waals surface area contributed by atoms with Crippen LogP contribution in [0.2, 0.25) is 0 Å². The molecule has 25 heavy (non-hydrogen) atoms. The van der Waals surface area contributed by atoms with E-state index in [9.17, 15) is 4.79 Å². The minimum Gasteiger partial charge on any atom is -0.457 e. The van der Waals surface area contributed by atoms with Crippen LogP contribution in [0.3, 0.4) is 0 Å². The monoisotopic (exact) mass is 328 g/mol. The van der Waals surface area contributed by atoms with E-state index in [1.54, 1.807) is 48.5 Å². The Morgan fingerprint density at radius 2 is 1.60 bits per heavy atom. The standard InChI is InChI=1S/C21H16N2O2/c1-15-3-2-4-18(13-15)23-21(24)17-7-11-20(12-8-17)25-19-9-5-16(14-22)6-10-19/h2-13H,1H3,(H,23,24). The molecule has 4 nitrogen and oxygen atoms in total. The number of aryl methyl sites for hydroxylation is 1. The van der Waals surface area contributed by atoms with Crippen molar-refractivity contribution in [2.75, 3.05) is 5.32 Å². The van der Waals surface area contributed by atoms with Crippen molar-refractivity contribution >= 4 is 11.6 Å². The predicted octanol–water partition coefficient (Wildman–Crippen LogP) is 4.91. The van der Waals surface area contributed by atoms with E-state index >= 15 is 0 Å².